The van der Waals surface area contributed by atoms with Gasteiger partial charge in [-0.15, -0.1) is 0 Å². The van der Waals surface area contributed by atoms with E-state index >= 15 is 0 Å². The van der Waals surface area contributed by atoms with Gasteiger partial charge in [0.25, 0.3) is 10.0 Å². The van der Waals surface area contributed by atoms with E-state index in [2.05, 4.69) is 14.8 Å². The van der Waals surface area contributed by atoms with Gasteiger partial charge in [0.2, 0.25) is 0 Å². The maximum atomic E-state index is 12.4. The third-order valence-corrected chi connectivity index (χ3v) is 4.62. The highest BCUT2D eigenvalue weighted by Gasteiger charge is 2.25. The molecule has 8 nitrogen and oxygen atoms in total. The molecular weight excluding hydrogens is 296 g/mol. The number of anilines is 1. The van der Waals surface area contributed by atoms with E-state index in [1.54, 1.807) is 20.9 Å². The first-order valence-corrected chi connectivity index (χ1v) is 7.42. The normalized spacial score (nSPS) is 11.4. The Kier molecular flexibility index (Phi) is 3.69. The number of rotatable bonds is 4. The van der Waals surface area contributed by atoms with Crippen LogP contribution in [0.4, 0.5) is 5.69 Å². The molecule has 0 bridgehead atoms. The van der Waals surface area contributed by atoms with Crippen LogP contribution in [0.5, 0.6) is 0 Å². The second-order valence-corrected chi connectivity index (χ2v) is 6.07. The van der Waals surface area contributed by atoms with E-state index in [-0.39, 0.29) is 16.1 Å². The second-order valence-electron chi connectivity index (χ2n) is 4.46. The molecule has 2 N–H and O–H groups in total. The average molecular weight is 310 g/mol. The summed E-state index contributed by atoms with van der Waals surface area (Å²) in [5, 5.41) is 13.1. The molecule has 0 aliphatic heterocycles. The van der Waals surface area contributed by atoms with Crippen LogP contribution in [0.15, 0.2) is 23.4 Å². The summed E-state index contributed by atoms with van der Waals surface area (Å²) in [6, 6.07) is 1.23. The standard InChI is InChI=1S/C12H14N4O4S/c1-7-11(8(2)16(3)14-7)21(19,20)15-10-6-13-5-4-9(10)12(17)18/h4-6,15H,1-3H3,(H,17,18). The predicted molar refractivity (Wildman–Crippen MR) is 74.7 cm³/mol. The fourth-order valence-electron chi connectivity index (χ4n) is 2.00. The molecule has 2 rings (SSSR count). The molecule has 0 unspecified atom stereocenters. The fraction of sp³-hybridized carbons (Fsp3) is 0.250. The van der Waals surface area contributed by atoms with Crippen LogP contribution in [0.2, 0.25) is 0 Å². The number of aromatic carboxylic acids is 1. The zero-order chi connectivity index (χ0) is 15.8. The molecule has 0 saturated carbocycles. The maximum Gasteiger partial charge on any atom is 0.337 e. The van der Waals surface area contributed by atoms with Crippen molar-refractivity contribution in [3.05, 3.63) is 35.4 Å². The molecule has 0 aliphatic carbocycles. The van der Waals surface area contributed by atoms with Crippen molar-refractivity contribution in [2.75, 3.05) is 4.72 Å². The van der Waals surface area contributed by atoms with Gasteiger partial charge in [-0.25, -0.2) is 13.2 Å². The summed E-state index contributed by atoms with van der Waals surface area (Å²) < 4.78 is 28.6. The molecule has 21 heavy (non-hydrogen) atoms. The minimum Gasteiger partial charge on any atom is -0.478 e. The number of hydrogen-bond donors (Lipinski definition) is 2. The number of carbonyl (C=O) groups is 1. The molecule has 2 aromatic heterocycles. The molecular formula is C12H14N4O4S. The molecule has 0 aliphatic rings. The second kappa shape index (κ2) is 5.17. The van der Waals surface area contributed by atoms with Crippen LogP contribution < -0.4 is 4.72 Å². The minimum atomic E-state index is -3.95. The fourth-order valence-corrected chi connectivity index (χ4v) is 3.51. The Morgan fingerprint density at radius 3 is 2.57 bits per heavy atom. The Balaban J connectivity index is 2.50. The average Bonchev–Trinajstić information content (AvgIpc) is 2.63. The van der Waals surface area contributed by atoms with Crippen LogP contribution in [0, 0.1) is 13.8 Å². The Labute approximate surface area is 121 Å². The smallest absolute Gasteiger partial charge is 0.337 e. The van der Waals surface area contributed by atoms with Crippen molar-refractivity contribution in [2.45, 2.75) is 18.7 Å². The van der Waals surface area contributed by atoms with E-state index in [1.807, 2.05) is 0 Å². The van der Waals surface area contributed by atoms with E-state index in [0.717, 1.165) is 6.20 Å². The van der Waals surface area contributed by atoms with Gasteiger partial charge in [0.05, 0.1) is 28.8 Å². The number of hydrogen-bond acceptors (Lipinski definition) is 5. The topological polar surface area (TPSA) is 114 Å². The Morgan fingerprint density at radius 2 is 2.05 bits per heavy atom. The van der Waals surface area contributed by atoms with Crippen LogP contribution in [0.1, 0.15) is 21.7 Å². The van der Waals surface area contributed by atoms with Crippen molar-refractivity contribution in [1.29, 1.82) is 0 Å². The van der Waals surface area contributed by atoms with Crippen molar-refractivity contribution in [3.63, 3.8) is 0 Å². The Bertz CT molecular complexity index is 811. The molecule has 0 spiro atoms. The van der Waals surface area contributed by atoms with Crippen LogP contribution in [-0.4, -0.2) is 34.3 Å². The summed E-state index contributed by atoms with van der Waals surface area (Å²) in [6.07, 6.45) is 2.43. The third-order valence-electron chi connectivity index (χ3n) is 3.01. The highest BCUT2D eigenvalue weighted by atomic mass is 32.2. The maximum absolute atomic E-state index is 12.4. The summed E-state index contributed by atoms with van der Waals surface area (Å²) in [6.45, 7) is 3.19. The number of pyridine rings is 1. The Morgan fingerprint density at radius 1 is 1.38 bits per heavy atom. The number of carboxylic acids is 1. The molecule has 0 atom stereocenters. The van der Waals surface area contributed by atoms with E-state index in [0.29, 0.717) is 11.4 Å². The number of aromatic nitrogens is 3. The summed E-state index contributed by atoms with van der Waals surface area (Å²) in [4.78, 5) is 14.9. The van der Waals surface area contributed by atoms with E-state index in [1.165, 1.54) is 16.9 Å². The summed E-state index contributed by atoms with van der Waals surface area (Å²) >= 11 is 0. The number of aryl methyl sites for hydroxylation is 2. The van der Waals surface area contributed by atoms with Crippen LogP contribution in [0.25, 0.3) is 0 Å². The van der Waals surface area contributed by atoms with Crippen molar-refractivity contribution < 1.29 is 18.3 Å². The van der Waals surface area contributed by atoms with Gasteiger partial charge < -0.3 is 5.11 Å². The van der Waals surface area contributed by atoms with Crippen LogP contribution >= 0.6 is 0 Å². The van der Waals surface area contributed by atoms with Crippen molar-refractivity contribution in [2.24, 2.45) is 7.05 Å². The minimum absolute atomic E-state index is 0.0326. The highest BCUT2D eigenvalue weighted by Crippen LogP contribution is 2.23. The lowest BCUT2D eigenvalue weighted by Gasteiger charge is -2.10. The summed E-state index contributed by atoms with van der Waals surface area (Å²) in [7, 11) is -2.31. The number of sulfonamides is 1. The summed E-state index contributed by atoms with van der Waals surface area (Å²) in [5.74, 6) is -1.24. The number of nitrogens with one attached hydrogen (secondary N) is 1. The molecule has 2 aromatic rings. The largest absolute Gasteiger partial charge is 0.478 e. The van der Waals surface area contributed by atoms with Gasteiger partial charge in [-0.2, -0.15) is 5.10 Å². The molecule has 0 aromatic carbocycles. The number of nitrogens with zero attached hydrogens (tertiary/aromatic N) is 3. The zero-order valence-electron chi connectivity index (χ0n) is 11.7. The lowest BCUT2D eigenvalue weighted by Crippen LogP contribution is -2.17. The van der Waals surface area contributed by atoms with E-state index in [9.17, 15) is 13.2 Å². The molecule has 0 amide bonds. The van der Waals surface area contributed by atoms with Gasteiger partial charge in [0.15, 0.2) is 0 Å². The van der Waals surface area contributed by atoms with Gasteiger partial charge in [0, 0.05) is 13.2 Å². The molecule has 2 heterocycles. The number of carboxylic acid groups (broad SMARTS) is 1. The highest BCUT2D eigenvalue weighted by molar-refractivity contribution is 7.92. The first kappa shape index (κ1) is 15.0. The van der Waals surface area contributed by atoms with Crippen molar-refractivity contribution in [3.8, 4) is 0 Å². The molecule has 9 heteroatoms. The quantitative estimate of drug-likeness (QED) is 0.868. The predicted octanol–water partition coefficient (Wildman–Crippen LogP) is 0.931. The third kappa shape index (κ3) is 2.72. The zero-order valence-corrected chi connectivity index (χ0v) is 12.5. The van der Waals surface area contributed by atoms with E-state index in [4.69, 9.17) is 5.11 Å². The van der Waals surface area contributed by atoms with Crippen LogP contribution in [0.3, 0.4) is 0 Å². The monoisotopic (exact) mass is 310 g/mol. The first-order valence-electron chi connectivity index (χ1n) is 5.94. The molecule has 112 valence electrons. The van der Waals surface area contributed by atoms with Crippen molar-refractivity contribution in [1.82, 2.24) is 14.8 Å². The summed E-state index contributed by atoms with van der Waals surface area (Å²) in [5.41, 5.74) is 0.532. The molecule has 0 fully saturated rings. The van der Waals surface area contributed by atoms with Gasteiger partial charge in [-0.1, -0.05) is 0 Å². The van der Waals surface area contributed by atoms with Crippen LogP contribution in [-0.2, 0) is 17.1 Å². The molecule has 0 radical (unpaired) electrons. The van der Waals surface area contributed by atoms with Gasteiger partial charge in [-0.3, -0.25) is 14.4 Å². The van der Waals surface area contributed by atoms with Gasteiger partial charge in [-0.05, 0) is 19.9 Å². The first-order chi connectivity index (χ1) is 9.74. The van der Waals surface area contributed by atoms with Crippen molar-refractivity contribution >= 4 is 21.7 Å². The van der Waals surface area contributed by atoms with Gasteiger partial charge >= 0.3 is 5.97 Å². The molecule has 0 saturated heterocycles. The SMILES string of the molecule is Cc1nn(C)c(C)c1S(=O)(=O)Nc1cnccc1C(=O)O. The van der Waals surface area contributed by atoms with E-state index < -0.39 is 16.0 Å². The lowest BCUT2D eigenvalue weighted by molar-refractivity contribution is 0.0698. The Hall–Kier alpha value is -2.42. The van der Waals surface area contributed by atoms with Gasteiger partial charge in [0.1, 0.15) is 4.90 Å². The lowest BCUT2D eigenvalue weighted by atomic mass is 10.2.